The summed E-state index contributed by atoms with van der Waals surface area (Å²) in [6.45, 7) is 3.95. The number of aromatic nitrogens is 2. The molecule has 1 unspecified atom stereocenters. The highest BCUT2D eigenvalue weighted by Crippen LogP contribution is 2.29. The molecule has 1 N–H and O–H groups in total. The van der Waals surface area contributed by atoms with Crippen molar-refractivity contribution in [3.8, 4) is 11.5 Å². The van der Waals surface area contributed by atoms with Gasteiger partial charge >= 0.3 is 0 Å². The molecule has 0 spiro atoms. The summed E-state index contributed by atoms with van der Waals surface area (Å²) in [5.74, 6) is 1.44. The molecule has 182 valence electrons. The van der Waals surface area contributed by atoms with E-state index in [0.717, 1.165) is 31.8 Å². The first-order valence-corrected chi connectivity index (χ1v) is 12.4. The minimum absolute atomic E-state index is 0.232. The number of likely N-dealkylation sites (tertiary alicyclic amines) is 1. The quantitative estimate of drug-likeness (QED) is 0.388. The van der Waals surface area contributed by atoms with Crippen LogP contribution in [0.25, 0.3) is 0 Å². The van der Waals surface area contributed by atoms with Crippen LogP contribution in [0.3, 0.4) is 0 Å². The van der Waals surface area contributed by atoms with Crippen molar-refractivity contribution in [2.45, 2.75) is 38.0 Å². The largest absolute Gasteiger partial charge is 0.492 e. The summed E-state index contributed by atoms with van der Waals surface area (Å²) >= 11 is 17.9. The molecule has 4 rings (SSSR count). The van der Waals surface area contributed by atoms with Crippen LogP contribution in [0, 0.1) is 0 Å². The molecule has 0 amide bonds. The Morgan fingerprint density at radius 1 is 0.941 bits per heavy atom. The third-order valence-electron chi connectivity index (χ3n) is 5.93. The van der Waals surface area contributed by atoms with E-state index in [1.807, 2.05) is 12.1 Å². The lowest BCUT2D eigenvalue weighted by Gasteiger charge is -2.27. The zero-order valence-electron chi connectivity index (χ0n) is 18.8. The summed E-state index contributed by atoms with van der Waals surface area (Å²) in [7, 11) is 0. The van der Waals surface area contributed by atoms with Gasteiger partial charge in [-0.25, -0.2) is 0 Å². The van der Waals surface area contributed by atoms with E-state index in [9.17, 15) is 5.11 Å². The average molecular weight is 525 g/mol. The van der Waals surface area contributed by atoms with Crippen molar-refractivity contribution in [1.82, 2.24) is 14.7 Å². The van der Waals surface area contributed by atoms with Crippen molar-refractivity contribution in [3.63, 3.8) is 0 Å². The van der Waals surface area contributed by atoms with E-state index < -0.39 is 5.60 Å². The van der Waals surface area contributed by atoms with Crippen molar-refractivity contribution in [3.05, 3.63) is 75.5 Å². The predicted octanol–water partition coefficient (Wildman–Crippen LogP) is 5.72. The average Bonchev–Trinajstić information content (AvgIpc) is 3.15. The predicted molar refractivity (Wildman–Crippen MR) is 135 cm³/mol. The summed E-state index contributed by atoms with van der Waals surface area (Å²) in [6, 6.07) is 13.3. The monoisotopic (exact) mass is 523 g/mol. The number of hydrogen-bond acceptors (Lipinski definition) is 5. The van der Waals surface area contributed by atoms with Crippen LogP contribution in [-0.4, -0.2) is 51.7 Å². The zero-order chi connectivity index (χ0) is 24.0. The van der Waals surface area contributed by atoms with Gasteiger partial charge in [-0.1, -0.05) is 46.9 Å². The van der Waals surface area contributed by atoms with E-state index in [4.69, 9.17) is 44.3 Å². The van der Waals surface area contributed by atoms with Crippen LogP contribution in [0.4, 0.5) is 0 Å². The lowest BCUT2D eigenvalue weighted by Crippen LogP contribution is -2.37. The van der Waals surface area contributed by atoms with E-state index in [2.05, 4.69) is 22.1 Å². The normalized spacial score (nSPS) is 19.1. The van der Waals surface area contributed by atoms with Gasteiger partial charge in [0, 0.05) is 25.4 Å². The Kier molecular flexibility index (Phi) is 8.61. The molecule has 0 aliphatic carbocycles. The summed E-state index contributed by atoms with van der Waals surface area (Å²) in [5, 5.41) is 16.8. The molecule has 1 aliphatic rings. The van der Waals surface area contributed by atoms with Crippen molar-refractivity contribution in [2.24, 2.45) is 0 Å². The van der Waals surface area contributed by atoms with Crippen molar-refractivity contribution in [2.75, 3.05) is 26.3 Å². The maximum Gasteiger partial charge on any atom is 0.121 e. The molecule has 6 nitrogen and oxygen atoms in total. The van der Waals surface area contributed by atoms with E-state index in [1.165, 1.54) is 5.56 Å². The number of aliphatic hydroxyl groups is 1. The number of rotatable bonds is 9. The molecular formula is C25H28Cl3N3O3. The van der Waals surface area contributed by atoms with Crippen LogP contribution < -0.4 is 9.47 Å². The molecule has 0 bridgehead atoms. The van der Waals surface area contributed by atoms with Gasteiger partial charge in [-0.15, -0.1) is 0 Å². The first-order valence-electron chi connectivity index (χ1n) is 11.3. The van der Waals surface area contributed by atoms with Gasteiger partial charge in [-0.05, 0) is 55.6 Å². The van der Waals surface area contributed by atoms with E-state index >= 15 is 0 Å². The molecule has 1 saturated heterocycles. The van der Waals surface area contributed by atoms with Gasteiger partial charge in [0.2, 0.25) is 0 Å². The first kappa shape index (κ1) is 25.1. The van der Waals surface area contributed by atoms with E-state index in [1.54, 1.807) is 35.3 Å². The van der Waals surface area contributed by atoms with Gasteiger partial charge in [0.1, 0.15) is 24.7 Å². The van der Waals surface area contributed by atoms with Crippen molar-refractivity contribution < 1.29 is 14.6 Å². The second-order valence-electron chi connectivity index (χ2n) is 8.63. The Balaban J connectivity index is 1.22. The van der Waals surface area contributed by atoms with Crippen LogP contribution in [0.5, 0.6) is 11.5 Å². The molecular weight excluding hydrogens is 497 g/mol. The third-order valence-corrected chi connectivity index (χ3v) is 6.86. The maximum atomic E-state index is 11.1. The molecule has 9 heteroatoms. The number of ether oxygens (including phenoxy) is 2. The fourth-order valence-electron chi connectivity index (χ4n) is 3.99. The number of nitrogens with zero attached hydrogens (tertiary/aromatic N) is 3. The molecule has 1 aromatic heterocycles. The van der Waals surface area contributed by atoms with E-state index in [-0.39, 0.29) is 6.61 Å². The molecule has 2 aromatic carbocycles. The lowest BCUT2D eigenvalue weighted by molar-refractivity contribution is -0.0168. The smallest absolute Gasteiger partial charge is 0.121 e. The summed E-state index contributed by atoms with van der Waals surface area (Å²) in [4.78, 5) is 2.37. The van der Waals surface area contributed by atoms with Crippen LogP contribution >= 0.6 is 34.8 Å². The fraction of sp³-hybridized carbons (Fsp3) is 0.400. The van der Waals surface area contributed by atoms with Crippen molar-refractivity contribution in [1.29, 1.82) is 0 Å². The SMILES string of the molecule is OC1(COc2ccc(Cl)c(Cl)c2)CCCN(Cc2ccc(OCCn3cc(Cl)cn3)cc2)CC1. The Morgan fingerprint density at radius 3 is 2.47 bits per heavy atom. The van der Waals surface area contributed by atoms with E-state index in [0.29, 0.717) is 46.8 Å². The van der Waals surface area contributed by atoms with Crippen LogP contribution in [0.1, 0.15) is 24.8 Å². The van der Waals surface area contributed by atoms with Gasteiger partial charge in [-0.2, -0.15) is 5.10 Å². The van der Waals surface area contributed by atoms with Gasteiger partial charge in [-0.3, -0.25) is 9.58 Å². The van der Waals surface area contributed by atoms with Crippen LogP contribution in [-0.2, 0) is 13.1 Å². The molecule has 0 radical (unpaired) electrons. The second-order valence-corrected chi connectivity index (χ2v) is 9.88. The van der Waals surface area contributed by atoms with Gasteiger partial charge in [0.25, 0.3) is 0 Å². The first-order chi connectivity index (χ1) is 16.4. The van der Waals surface area contributed by atoms with Gasteiger partial charge < -0.3 is 14.6 Å². The Hall–Kier alpha value is -1.96. The third kappa shape index (κ3) is 7.27. The number of hydrogen-bond donors (Lipinski definition) is 1. The summed E-state index contributed by atoms with van der Waals surface area (Å²) in [5.41, 5.74) is 0.348. The Morgan fingerprint density at radius 2 is 1.74 bits per heavy atom. The second kappa shape index (κ2) is 11.6. The lowest BCUT2D eigenvalue weighted by atomic mass is 9.96. The van der Waals surface area contributed by atoms with Gasteiger partial charge in [0.15, 0.2) is 0 Å². The van der Waals surface area contributed by atoms with Crippen LogP contribution in [0.15, 0.2) is 54.9 Å². The Bertz CT molecular complexity index is 1080. The highest BCUT2D eigenvalue weighted by molar-refractivity contribution is 6.42. The molecule has 2 heterocycles. The maximum absolute atomic E-state index is 11.1. The van der Waals surface area contributed by atoms with Crippen LogP contribution in [0.2, 0.25) is 15.1 Å². The topological polar surface area (TPSA) is 59.8 Å². The number of benzene rings is 2. The fourth-order valence-corrected chi connectivity index (χ4v) is 4.43. The molecule has 1 atom stereocenters. The highest BCUT2D eigenvalue weighted by Gasteiger charge is 2.31. The Labute approximate surface area is 214 Å². The minimum Gasteiger partial charge on any atom is -0.492 e. The summed E-state index contributed by atoms with van der Waals surface area (Å²) < 4.78 is 13.4. The minimum atomic E-state index is -0.864. The standard InChI is InChI=1S/C25H28Cl3N3O3/c26-20-15-29-31(17-20)12-13-33-21-4-2-19(3-5-21)16-30-10-1-8-25(32,9-11-30)18-34-22-6-7-23(27)24(28)14-22/h2-7,14-15,17,32H,1,8-13,16,18H2. The number of halogens is 3. The highest BCUT2D eigenvalue weighted by atomic mass is 35.5. The molecule has 34 heavy (non-hydrogen) atoms. The van der Waals surface area contributed by atoms with Crippen molar-refractivity contribution >= 4 is 34.8 Å². The summed E-state index contributed by atoms with van der Waals surface area (Å²) in [6.07, 6.45) is 5.63. The molecule has 1 aliphatic heterocycles. The molecule has 0 saturated carbocycles. The van der Waals surface area contributed by atoms with Gasteiger partial charge in [0.05, 0.1) is 33.4 Å². The molecule has 1 fully saturated rings. The molecule has 3 aromatic rings. The zero-order valence-corrected chi connectivity index (χ0v) is 21.1.